The molecule has 3 rings (SSSR count). The molecular weight excluding hydrogens is 561 g/mol. The quantitative estimate of drug-likeness (QED) is 0.312. The van der Waals surface area contributed by atoms with Crippen LogP contribution in [-0.2, 0) is 25.6 Å². The molecule has 0 aromatic heterocycles. The Balaban J connectivity index is 1.71. The van der Waals surface area contributed by atoms with Crippen molar-refractivity contribution in [2.75, 3.05) is 49.6 Å². The summed E-state index contributed by atoms with van der Waals surface area (Å²) >= 11 is 0. The molecule has 1 saturated heterocycles. The average Bonchev–Trinajstić information content (AvgIpc) is 3.32. The topological polar surface area (TPSA) is 121 Å². The number of likely N-dealkylation sites (N-methyl/N-ethyl adjacent to an activating group) is 1. The van der Waals surface area contributed by atoms with Gasteiger partial charge in [0.15, 0.2) is 0 Å². The van der Waals surface area contributed by atoms with Crippen molar-refractivity contribution < 1.29 is 37.8 Å². The molecule has 2 aromatic rings. The minimum absolute atomic E-state index is 0.0172. The van der Waals surface area contributed by atoms with Crippen molar-refractivity contribution >= 4 is 35.6 Å². The van der Waals surface area contributed by atoms with Crippen molar-refractivity contribution in [3.63, 3.8) is 0 Å². The molecule has 1 fully saturated rings. The SMILES string of the molecule is CCN(CCN(C(=O)OC(C)(C)C)N(C)C(=O)OCc1ccccc1)c1ccc(N2C[C@H](CNC(C)=O)OC2=O)cc1F. The average molecular weight is 602 g/mol. The first-order valence-electron chi connectivity index (χ1n) is 14.0. The molecule has 1 aliphatic heterocycles. The largest absolute Gasteiger partial charge is 0.443 e. The number of halogens is 1. The van der Waals surface area contributed by atoms with Gasteiger partial charge in [-0.15, -0.1) is 0 Å². The van der Waals surface area contributed by atoms with Crippen LogP contribution < -0.4 is 15.1 Å². The summed E-state index contributed by atoms with van der Waals surface area (Å²) in [5.74, 6) is -0.832. The maximum absolute atomic E-state index is 15.4. The maximum Gasteiger partial charge on any atom is 0.429 e. The summed E-state index contributed by atoms with van der Waals surface area (Å²) in [5.41, 5.74) is 0.513. The first kappa shape index (κ1) is 33.0. The Morgan fingerprint density at radius 2 is 1.79 bits per heavy atom. The number of anilines is 2. The molecule has 0 aliphatic carbocycles. The number of carbonyl (C=O) groups excluding carboxylic acids is 4. The fourth-order valence-electron chi connectivity index (χ4n) is 4.27. The first-order chi connectivity index (χ1) is 20.3. The molecule has 1 atom stereocenters. The molecule has 1 heterocycles. The van der Waals surface area contributed by atoms with Gasteiger partial charge in [-0.2, -0.15) is 0 Å². The molecule has 2 aromatic carbocycles. The summed E-state index contributed by atoms with van der Waals surface area (Å²) in [7, 11) is 1.40. The zero-order chi connectivity index (χ0) is 31.7. The van der Waals surface area contributed by atoms with Gasteiger partial charge in [0.25, 0.3) is 0 Å². The highest BCUT2D eigenvalue weighted by atomic mass is 19.1. The third-order valence-corrected chi connectivity index (χ3v) is 6.44. The minimum atomic E-state index is -0.825. The van der Waals surface area contributed by atoms with Crippen LogP contribution >= 0.6 is 0 Å². The van der Waals surface area contributed by atoms with Gasteiger partial charge in [0.2, 0.25) is 5.91 Å². The van der Waals surface area contributed by atoms with Gasteiger partial charge >= 0.3 is 18.3 Å². The third-order valence-electron chi connectivity index (χ3n) is 6.44. The molecule has 13 heteroatoms. The van der Waals surface area contributed by atoms with Gasteiger partial charge in [-0.05, 0) is 51.5 Å². The lowest BCUT2D eigenvalue weighted by molar-refractivity contribution is -0.119. The van der Waals surface area contributed by atoms with Gasteiger partial charge in [-0.1, -0.05) is 30.3 Å². The van der Waals surface area contributed by atoms with Crippen molar-refractivity contribution in [1.29, 1.82) is 0 Å². The number of cyclic esters (lactones) is 1. The number of hydrogen-bond donors (Lipinski definition) is 1. The molecule has 234 valence electrons. The number of ether oxygens (including phenoxy) is 3. The standard InChI is InChI=1S/C30H40FN5O7/c1-7-34(26-14-13-23(17-25(26)31)35-19-24(42-28(35)39)18-32-21(2)37)15-16-36(29(40)43-30(3,4)5)33(6)27(38)41-20-22-11-9-8-10-12-22/h8-14,17,24H,7,15-16,18-20H2,1-6H3,(H,32,37)/t24-/m0/s1. The zero-order valence-electron chi connectivity index (χ0n) is 25.5. The van der Waals surface area contributed by atoms with E-state index in [1.807, 2.05) is 37.3 Å². The zero-order valence-corrected chi connectivity index (χ0v) is 25.5. The highest BCUT2D eigenvalue weighted by Gasteiger charge is 2.33. The molecular formula is C30H40FN5O7. The Bertz CT molecular complexity index is 1290. The summed E-state index contributed by atoms with van der Waals surface area (Å²) in [4.78, 5) is 52.5. The highest BCUT2D eigenvalue weighted by Crippen LogP contribution is 2.28. The van der Waals surface area contributed by atoms with Crippen molar-refractivity contribution in [2.24, 2.45) is 0 Å². The Morgan fingerprint density at radius 3 is 2.40 bits per heavy atom. The molecule has 0 bridgehead atoms. The Labute approximate surface area is 251 Å². The number of benzene rings is 2. The molecule has 43 heavy (non-hydrogen) atoms. The van der Waals surface area contributed by atoms with Crippen molar-refractivity contribution in [1.82, 2.24) is 15.3 Å². The third kappa shape index (κ3) is 9.48. The second-order valence-electron chi connectivity index (χ2n) is 10.9. The summed E-state index contributed by atoms with van der Waals surface area (Å²) in [6, 6.07) is 13.5. The predicted molar refractivity (Wildman–Crippen MR) is 158 cm³/mol. The lowest BCUT2D eigenvalue weighted by atomic mass is 10.2. The van der Waals surface area contributed by atoms with Crippen molar-refractivity contribution in [2.45, 2.75) is 52.9 Å². The Kier molecular flexibility index (Phi) is 11.2. The van der Waals surface area contributed by atoms with Crippen LogP contribution in [0.1, 0.15) is 40.2 Å². The summed E-state index contributed by atoms with van der Waals surface area (Å²) in [5, 5.41) is 4.76. The summed E-state index contributed by atoms with van der Waals surface area (Å²) in [6.45, 7) is 9.17. The number of hydrogen-bond acceptors (Lipinski definition) is 8. The summed E-state index contributed by atoms with van der Waals surface area (Å²) in [6.07, 6.45) is -2.71. The van der Waals surface area contributed by atoms with Crippen LogP contribution in [0.5, 0.6) is 0 Å². The second-order valence-corrected chi connectivity index (χ2v) is 10.9. The smallest absolute Gasteiger partial charge is 0.429 e. The van der Waals surface area contributed by atoms with Gasteiger partial charge in [0, 0.05) is 27.1 Å². The van der Waals surface area contributed by atoms with Gasteiger partial charge in [0.1, 0.15) is 24.1 Å². The van der Waals surface area contributed by atoms with E-state index in [9.17, 15) is 19.2 Å². The molecule has 12 nitrogen and oxygen atoms in total. The number of nitrogens with zero attached hydrogens (tertiary/aromatic N) is 4. The van der Waals surface area contributed by atoms with E-state index in [2.05, 4.69) is 5.32 Å². The molecule has 0 radical (unpaired) electrons. The monoisotopic (exact) mass is 601 g/mol. The van der Waals surface area contributed by atoms with E-state index < -0.39 is 35.8 Å². The number of amides is 4. The Hall–Kier alpha value is -4.55. The van der Waals surface area contributed by atoms with Crippen molar-refractivity contribution in [3.8, 4) is 0 Å². The van der Waals surface area contributed by atoms with E-state index in [1.165, 1.54) is 31.0 Å². The molecule has 1 N–H and O–H groups in total. The van der Waals surface area contributed by atoms with Gasteiger partial charge < -0.3 is 24.4 Å². The lowest BCUT2D eigenvalue weighted by Crippen LogP contribution is -2.52. The van der Waals surface area contributed by atoms with Gasteiger partial charge in [-0.3, -0.25) is 9.69 Å². The van der Waals surface area contributed by atoms with Crippen LogP contribution in [0.15, 0.2) is 48.5 Å². The molecule has 1 aliphatic rings. The van der Waals surface area contributed by atoms with Gasteiger partial charge in [-0.25, -0.2) is 28.8 Å². The first-order valence-corrected chi connectivity index (χ1v) is 14.0. The van der Waals surface area contributed by atoms with E-state index in [4.69, 9.17) is 14.2 Å². The second kappa shape index (κ2) is 14.6. The van der Waals surface area contributed by atoms with Crippen LogP contribution in [0.4, 0.5) is 30.1 Å². The minimum Gasteiger partial charge on any atom is -0.443 e. The number of hydrazine groups is 1. The molecule has 0 unspecified atom stereocenters. The number of nitrogens with one attached hydrogen (secondary N) is 1. The van der Waals surface area contributed by atoms with E-state index >= 15 is 4.39 Å². The predicted octanol–water partition coefficient (Wildman–Crippen LogP) is 4.53. The van der Waals surface area contributed by atoms with Crippen LogP contribution in [0, 0.1) is 5.82 Å². The van der Waals surface area contributed by atoms with Crippen molar-refractivity contribution in [3.05, 3.63) is 59.9 Å². The molecule has 0 saturated carbocycles. The van der Waals surface area contributed by atoms with E-state index in [0.29, 0.717) is 12.2 Å². The van der Waals surface area contributed by atoms with E-state index in [1.54, 1.807) is 31.7 Å². The normalized spacial score (nSPS) is 14.5. The fraction of sp³-hybridized carbons (Fsp3) is 0.467. The lowest BCUT2D eigenvalue weighted by Gasteiger charge is -2.34. The number of rotatable bonds is 10. The molecule has 4 amide bonds. The van der Waals surface area contributed by atoms with Crippen LogP contribution in [0.3, 0.4) is 0 Å². The molecule has 0 spiro atoms. The fourth-order valence-corrected chi connectivity index (χ4v) is 4.27. The van der Waals surface area contributed by atoms with Crippen LogP contribution in [0.2, 0.25) is 0 Å². The number of carbonyl (C=O) groups is 4. The maximum atomic E-state index is 15.4. The summed E-state index contributed by atoms with van der Waals surface area (Å²) < 4.78 is 31.6. The van der Waals surface area contributed by atoms with E-state index in [-0.39, 0.29) is 44.4 Å². The highest BCUT2D eigenvalue weighted by molar-refractivity contribution is 5.90. The Morgan fingerprint density at radius 1 is 1.09 bits per heavy atom. The van der Waals surface area contributed by atoms with Crippen LogP contribution in [0.25, 0.3) is 0 Å². The van der Waals surface area contributed by atoms with Gasteiger partial charge in [0.05, 0.1) is 31.0 Å². The van der Waals surface area contributed by atoms with E-state index in [0.717, 1.165) is 15.6 Å². The van der Waals surface area contributed by atoms with Crippen LogP contribution in [-0.4, -0.2) is 85.7 Å².